The van der Waals surface area contributed by atoms with Gasteiger partial charge in [-0.05, 0) is 92.4 Å². The number of halogens is 1. The van der Waals surface area contributed by atoms with E-state index < -0.39 is 5.25 Å². The van der Waals surface area contributed by atoms with Crippen molar-refractivity contribution in [2.24, 2.45) is 33.9 Å². The van der Waals surface area contributed by atoms with Crippen molar-refractivity contribution in [3.8, 4) is 0 Å². The molecule has 63 heavy (non-hydrogen) atoms. The number of nitrogens with one attached hydrogen (secondary N) is 1. The maximum absolute atomic E-state index is 13.7. The van der Waals surface area contributed by atoms with Gasteiger partial charge >= 0.3 is 0 Å². The van der Waals surface area contributed by atoms with Crippen LogP contribution in [0.25, 0.3) is 0 Å². The van der Waals surface area contributed by atoms with E-state index in [0.717, 1.165) is 24.2 Å². The standard InChI is InChI=1S/C45H73ClN4O12S/c46-39-1-3-40(4-2-39)49-44-50(8-5-45-33-36-29-37(34-45)31-38(30-36)35-45)42(51)32-41(63-44)43(52)48-7-10-54-12-14-56-16-18-58-20-22-60-24-26-62-28-27-61-25-23-59-21-19-57-17-15-55-13-11-53-9-6-47/h1-4,36-38,41H,5-35,47H2,(H,48,52). The summed E-state index contributed by atoms with van der Waals surface area (Å²) >= 11 is 7.51. The van der Waals surface area contributed by atoms with Gasteiger partial charge in [-0.15, -0.1) is 0 Å². The van der Waals surface area contributed by atoms with Crippen LogP contribution in [0, 0.1) is 23.2 Å². The monoisotopic (exact) mass is 928 g/mol. The van der Waals surface area contributed by atoms with Gasteiger partial charge in [0.25, 0.3) is 0 Å². The summed E-state index contributed by atoms with van der Waals surface area (Å²) in [6.07, 6.45) is 9.21. The summed E-state index contributed by atoms with van der Waals surface area (Å²) in [5, 5.41) is 3.60. The normalized spacial score (nSPS) is 23.6. The summed E-state index contributed by atoms with van der Waals surface area (Å²) < 4.78 is 54.9. The molecule has 1 atom stereocenters. The van der Waals surface area contributed by atoms with Crippen LogP contribution < -0.4 is 11.1 Å². The third-order valence-electron chi connectivity index (χ3n) is 11.7. The van der Waals surface area contributed by atoms with Crippen LogP contribution in [-0.4, -0.2) is 179 Å². The predicted molar refractivity (Wildman–Crippen MR) is 242 cm³/mol. The molecule has 6 rings (SSSR count). The summed E-state index contributed by atoms with van der Waals surface area (Å²) in [4.78, 5) is 33.6. The van der Waals surface area contributed by atoms with Gasteiger partial charge in [-0.1, -0.05) is 23.4 Å². The second-order valence-electron chi connectivity index (χ2n) is 16.6. The molecule has 16 nitrogen and oxygen atoms in total. The number of benzene rings is 1. The lowest BCUT2D eigenvalue weighted by molar-refractivity contribution is -0.131. The zero-order valence-corrected chi connectivity index (χ0v) is 38.8. The van der Waals surface area contributed by atoms with Gasteiger partial charge in [0.1, 0.15) is 0 Å². The number of ether oxygens (including phenoxy) is 10. The van der Waals surface area contributed by atoms with Crippen molar-refractivity contribution in [2.75, 3.05) is 152 Å². The quantitative estimate of drug-likeness (QED) is 0.0891. The molecule has 0 radical (unpaired) electrons. The molecule has 358 valence electrons. The van der Waals surface area contributed by atoms with Gasteiger partial charge < -0.3 is 58.4 Å². The van der Waals surface area contributed by atoms with Crippen molar-refractivity contribution in [3.63, 3.8) is 0 Å². The molecule has 1 aromatic carbocycles. The number of carbonyl (C=O) groups excluding carboxylic acids is 2. The summed E-state index contributed by atoms with van der Waals surface area (Å²) in [6, 6.07) is 7.26. The number of carbonyl (C=O) groups is 2. The molecule has 0 spiro atoms. The molecule has 4 aliphatic carbocycles. The van der Waals surface area contributed by atoms with Crippen LogP contribution in [0.15, 0.2) is 29.3 Å². The second kappa shape index (κ2) is 31.1. The smallest absolute Gasteiger partial charge is 0.234 e. The Bertz CT molecular complexity index is 1410. The van der Waals surface area contributed by atoms with Crippen molar-refractivity contribution in [1.82, 2.24) is 10.2 Å². The van der Waals surface area contributed by atoms with Crippen LogP contribution in [0.2, 0.25) is 5.02 Å². The van der Waals surface area contributed by atoms with E-state index in [1.54, 1.807) is 12.1 Å². The Labute approximate surface area is 383 Å². The molecule has 4 saturated carbocycles. The highest BCUT2D eigenvalue weighted by Gasteiger charge is 2.51. The Hall–Kier alpha value is -1.97. The molecule has 5 aliphatic rings. The number of thioether (sulfide) groups is 1. The third kappa shape index (κ3) is 20.6. The molecule has 4 bridgehead atoms. The van der Waals surface area contributed by atoms with Crippen molar-refractivity contribution >= 4 is 46.0 Å². The van der Waals surface area contributed by atoms with E-state index in [1.807, 2.05) is 17.0 Å². The van der Waals surface area contributed by atoms with Crippen molar-refractivity contribution in [2.45, 2.75) is 56.6 Å². The summed E-state index contributed by atoms with van der Waals surface area (Å²) in [5.74, 6) is 2.34. The lowest BCUT2D eigenvalue weighted by Gasteiger charge is -2.57. The number of hydrogen-bond acceptors (Lipinski definition) is 15. The van der Waals surface area contributed by atoms with Crippen LogP contribution in [0.3, 0.4) is 0 Å². The van der Waals surface area contributed by atoms with E-state index in [1.165, 1.54) is 50.3 Å². The Kier molecular flexibility index (Phi) is 25.7. The van der Waals surface area contributed by atoms with Gasteiger partial charge in [-0.25, -0.2) is 4.99 Å². The Morgan fingerprint density at radius 3 is 1.46 bits per heavy atom. The minimum absolute atomic E-state index is 0.0448. The van der Waals surface area contributed by atoms with E-state index in [0.29, 0.717) is 173 Å². The number of nitrogens with two attached hydrogens (primary N) is 1. The van der Waals surface area contributed by atoms with E-state index in [2.05, 4.69) is 5.32 Å². The Balaban J connectivity index is 0.794. The molecular weight excluding hydrogens is 856 g/mol. The fraction of sp³-hybridized carbons (Fsp3) is 0.800. The van der Waals surface area contributed by atoms with Crippen molar-refractivity contribution in [3.05, 3.63) is 29.3 Å². The molecule has 1 aromatic rings. The summed E-state index contributed by atoms with van der Waals surface area (Å²) in [5.41, 5.74) is 6.40. The maximum atomic E-state index is 13.7. The summed E-state index contributed by atoms with van der Waals surface area (Å²) in [6.45, 7) is 11.1. The molecule has 1 saturated heterocycles. The largest absolute Gasteiger partial charge is 0.378 e. The van der Waals surface area contributed by atoms with Gasteiger partial charge in [0, 0.05) is 31.1 Å². The van der Waals surface area contributed by atoms with Crippen molar-refractivity contribution < 1.29 is 57.0 Å². The molecular formula is C45H73ClN4O12S. The van der Waals surface area contributed by atoms with Gasteiger partial charge in [0.2, 0.25) is 11.8 Å². The van der Waals surface area contributed by atoms with Crippen LogP contribution in [0.5, 0.6) is 0 Å². The lowest BCUT2D eigenvalue weighted by atomic mass is 9.49. The number of hydrogen-bond donors (Lipinski definition) is 2. The first-order valence-electron chi connectivity index (χ1n) is 23.0. The number of aliphatic imine (C=N–C) groups is 1. The highest BCUT2D eigenvalue weighted by atomic mass is 35.5. The molecule has 3 N–H and O–H groups in total. The molecule has 1 aliphatic heterocycles. The first kappa shape index (κ1) is 52.0. The highest BCUT2D eigenvalue weighted by molar-refractivity contribution is 8.15. The van der Waals surface area contributed by atoms with Crippen LogP contribution >= 0.6 is 23.4 Å². The SMILES string of the molecule is NCCOCCOCCOCCOCCOCCOCCOCCOCCOCCOCCNC(=O)C1CC(=O)N(CCC23CC4CC(CC(C4)C2)C3)C(=Nc2ccc(Cl)cc2)S1. The molecule has 0 aromatic heterocycles. The fourth-order valence-electron chi connectivity index (χ4n) is 9.16. The zero-order valence-electron chi connectivity index (χ0n) is 37.2. The lowest BCUT2D eigenvalue weighted by Crippen LogP contribution is -2.50. The van der Waals surface area contributed by atoms with E-state index in [4.69, 9.17) is 69.7 Å². The molecule has 5 fully saturated rings. The van der Waals surface area contributed by atoms with E-state index in [-0.39, 0.29) is 18.2 Å². The third-order valence-corrected chi connectivity index (χ3v) is 13.1. The van der Waals surface area contributed by atoms with Gasteiger partial charge in [0.15, 0.2) is 5.17 Å². The Morgan fingerprint density at radius 2 is 1.05 bits per heavy atom. The van der Waals surface area contributed by atoms with Gasteiger partial charge in [-0.2, -0.15) is 0 Å². The zero-order chi connectivity index (χ0) is 44.2. The summed E-state index contributed by atoms with van der Waals surface area (Å²) in [7, 11) is 0. The minimum Gasteiger partial charge on any atom is -0.378 e. The predicted octanol–water partition coefficient (Wildman–Crippen LogP) is 4.51. The first-order valence-corrected chi connectivity index (χ1v) is 24.3. The van der Waals surface area contributed by atoms with Crippen LogP contribution in [-0.2, 0) is 57.0 Å². The van der Waals surface area contributed by atoms with E-state index >= 15 is 0 Å². The first-order chi connectivity index (χ1) is 30.9. The van der Waals surface area contributed by atoms with Crippen LogP contribution in [0.4, 0.5) is 5.69 Å². The Morgan fingerprint density at radius 1 is 0.651 bits per heavy atom. The topological polar surface area (TPSA) is 180 Å². The molecule has 18 heteroatoms. The number of amides is 2. The van der Waals surface area contributed by atoms with E-state index in [9.17, 15) is 9.59 Å². The number of amidine groups is 1. The number of rotatable bonds is 37. The number of nitrogens with zero attached hydrogens (tertiary/aromatic N) is 2. The fourth-order valence-corrected chi connectivity index (χ4v) is 10.4. The minimum atomic E-state index is -0.558. The van der Waals surface area contributed by atoms with Crippen molar-refractivity contribution in [1.29, 1.82) is 0 Å². The average Bonchev–Trinajstić information content (AvgIpc) is 3.26. The average molecular weight is 930 g/mol. The van der Waals surface area contributed by atoms with Crippen LogP contribution in [0.1, 0.15) is 51.4 Å². The van der Waals surface area contributed by atoms with Gasteiger partial charge in [0.05, 0.1) is 143 Å². The second-order valence-corrected chi connectivity index (χ2v) is 18.2. The molecule has 1 unspecified atom stereocenters. The maximum Gasteiger partial charge on any atom is 0.234 e. The molecule has 2 amide bonds. The van der Waals surface area contributed by atoms with Gasteiger partial charge in [-0.3, -0.25) is 14.5 Å². The highest BCUT2D eigenvalue weighted by Crippen LogP contribution is 2.61. The molecule has 1 heterocycles.